The number of nitrogens with zero attached hydrogens (tertiary/aromatic N) is 1. The number of benzene rings is 1. The maximum absolute atomic E-state index is 12.0. The van der Waals surface area contributed by atoms with Gasteiger partial charge in [0.05, 0.1) is 0 Å². The molecule has 1 atom stereocenters. The molecule has 3 rings (SSSR count). The Balaban J connectivity index is 1.76. The van der Waals surface area contributed by atoms with E-state index in [9.17, 15) is 9.59 Å². The van der Waals surface area contributed by atoms with Crippen LogP contribution in [-0.4, -0.2) is 21.8 Å². The molecule has 1 aromatic carbocycles. The van der Waals surface area contributed by atoms with Gasteiger partial charge in [-0.05, 0) is 17.5 Å². The lowest BCUT2D eigenvalue weighted by atomic mass is 10.1. The van der Waals surface area contributed by atoms with Gasteiger partial charge in [0.2, 0.25) is 5.88 Å². The summed E-state index contributed by atoms with van der Waals surface area (Å²) in [5.74, 6) is -2.13. The van der Waals surface area contributed by atoms with Crippen molar-refractivity contribution in [1.82, 2.24) is 4.98 Å². The van der Waals surface area contributed by atoms with E-state index < -0.39 is 11.9 Å². The van der Waals surface area contributed by atoms with E-state index >= 15 is 0 Å². The molecule has 1 unspecified atom stereocenters. The normalized spacial score (nSPS) is 16.6. The van der Waals surface area contributed by atoms with Gasteiger partial charge in [0.15, 0.2) is 5.78 Å². The molecule has 1 aliphatic rings. The second-order valence-electron chi connectivity index (χ2n) is 4.91. The third kappa shape index (κ3) is 2.63. The van der Waals surface area contributed by atoms with Gasteiger partial charge < -0.3 is 9.84 Å². The summed E-state index contributed by atoms with van der Waals surface area (Å²) in [6.45, 7) is 0.350. The van der Waals surface area contributed by atoms with E-state index in [1.807, 2.05) is 30.3 Å². The van der Waals surface area contributed by atoms with E-state index in [0.717, 1.165) is 5.56 Å². The largest absolute Gasteiger partial charge is 0.481 e. The molecule has 0 saturated heterocycles. The molecule has 0 radical (unpaired) electrons. The number of carbonyl (C=O) groups is 2. The van der Waals surface area contributed by atoms with Crippen LogP contribution in [0.1, 0.15) is 21.5 Å². The average molecular weight is 283 g/mol. The fourth-order valence-electron chi connectivity index (χ4n) is 2.37. The van der Waals surface area contributed by atoms with Crippen molar-refractivity contribution >= 4 is 11.8 Å². The molecule has 2 aromatic rings. The number of carboxylic acid groups (broad SMARTS) is 1. The summed E-state index contributed by atoms with van der Waals surface area (Å²) in [7, 11) is 0. The molecule has 5 nitrogen and oxygen atoms in total. The monoisotopic (exact) mass is 283 g/mol. The molecule has 106 valence electrons. The minimum Gasteiger partial charge on any atom is -0.481 e. The third-order valence-corrected chi connectivity index (χ3v) is 3.50. The van der Waals surface area contributed by atoms with Crippen LogP contribution in [0.2, 0.25) is 0 Å². The van der Waals surface area contributed by atoms with Gasteiger partial charge in [-0.3, -0.25) is 9.59 Å². The second kappa shape index (κ2) is 5.36. The number of carbonyl (C=O) groups excluding carboxylic acids is 1. The molecular weight excluding hydrogens is 270 g/mol. The molecule has 1 aromatic heterocycles. The van der Waals surface area contributed by atoms with Crippen LogP contribution < -0.4 is 4.74 Å². The number of rotatable bonds is 4. The van der Waals surface area contributed by atoms with Gasteiger partial charge in [-0.1, -0.05) is 30.3 Å². The first kappa shape index (κ1) is 13.3. The third-order valence-electron chi connectivity index (χ3n) is 3.50. The Morgan fingerprint density at radius 3 is 2.81 bits per heavy atom. The molecule has 1 heterocycles. The number of Topliss-reactive ketones (excluding diaryl/α,β-unsaturated/α-hetero) is 1. The quantitative estimate of drug-likeness (QED) is 0.869. The molecule has 1 N–H and O–H groups in total. The number of pyridine rings is 1. The van der Waals surface area contributed by atoms with Gasteiger partial charge in [-0.2, -0.15) is 0 Å². The minimum absolute atomic E-state index is 0.204. The average Bonchev–Trinajstić information content (AvgIpc) is 2.83. The zero-order valence-corrected chi connectivity index (χ0v) is 11.2. The summed E-state index contributed by atoms with van der Waals surface area (Å²) >= 11 is 0. The van der Waals surface area contributed by atoms with Gasteiger partial charge in [-0.25, -0.2) is 4.98 Å². The van der Waals surface area contributed by atoms with Crippen LogP contribution >= 0.6 is 0 Å². The molecular formula is C16H13NO4. The lowest BCUT2D eigenvalue weighted by Crippen LogP contribution is -2.19. The van der Waals surface area contributed by atoms with Gasteiger partial charge >= 0.3 is 5.97 Å². The first-order chi connectivity index (χ1) is 10.1. The van der Waals surface area contributed by atoms with Crippen LogP contribution in [-0.2, 0) is 17.8 Å². The first-order valence-electron chi connectivity index (χ1n) is 6.58. The van der Waals surface area contributed by atoms with Crippen molar-refractivity contribution in [1.29, 1.82) is 0 Å². The number of carboxylic acids is 1. The van der Waals surface area contributed by atoms with Crippen molar-refractivity contribution in [2.75, 3.05) is 0 Å². The smallest absolute Gasteiger partial charge is 0.314 e. The molecule has 0 saturated carbocycles. The Morgan fingerprint density at radius 1 is 1.33 bits per heavy atom. The molecule has 0 amide bonds. The highest BCUT2D eigenvalue weighted by atomic mass is 16.5. The van der Waals surface area contributed by atoms with Crippen molar-refractivity contribution in [3.63, 3.8) is 0 Å². The van der Waals surface area contributed by atoms with Crippen LogP contribution in [0.15, 0.2) is 42.6 Å². The van der Waals surface area contributed by atoms with Crippen molar-refractivity contribution in [3.05, 3.63) is 59.3 Å². The van der Waals surface area contributed by atoms with Gasteiger partial charge in [0.1, 0.15) is 12.5 Å². The number of ether oxygens (including phenoxy) is 1. The molecule has 21 heavy (non-hydrogen) atoms. The summed E-state index contributed by atoms with van der Waals surface area (Å²) < 4.78 is 5.55. The standard InChI is InChI=1S/C16H13NO4/c18-15-12-7-14(21-9-10-4-2-1-3-5-10)17-8-11(12)6-13(15)16(19)20/h1-5,7-8,13H,6,9H2,(H,19,20). The molecule has 0 aliphatic heterocycles. The van der Waals surface area contributed by atoms with E-state index in [4.69, 9.17) is 9.84 Å². The van der Waals surface area contributed by atoms with Crippen molar-refractivity contribution in [2.24, 2.45) is 5.92 Å². The Morgan fingerprint density at radius 2 is 2.10 bits per heavy atom. The van der Waals surface area contributed by atoms with Crippen LogP contribution in [0.5, 0.6) is 5.88 Å². The molecule has 0 spiro atoms. The molecule has 0 bridgehead atoms. The van der Waals surface area contributed by atoms with Gasteiger partial charge in [0.25, 0.3) is 0 Å². The van der Waals surface area contributed by atoms with E-state index in [1.54, 1.807) is 0 Å². The van der Waals surface area contributed by atoms with Crippen LogP contribution in [0.3, 0.4) is 0 Å². The Kier molecular flexibility index (Phi) is 3.39. The number of hydrogen-bond donors (Lipinski definition) is 1. The van der Waals surface area contributed by atoms with Gasteiger partial charge in [0, 0.05) is 17.8 Å². The number of fused-ring (bicyclic) bond motifs is 1. The topological polar surface area (TPSA) is 76.5 Å². The number of aromatic nitrogens is 1. The van der Waals surface area contributed by atoms with Gasteiger partial charge in [-0.15, -0.1) is 0 Å². The summed E-state index contributed by atoms with van der Waals surface area (Å²) in [6.07, 6.45) is 1.73. The van der Waals surface area contributed by atoms with E-state index in [0.29, 0.717) is 23.6 Å². The van der Waals surface area contributed by atoms with Crippen LogP contribution in [0, 0.1) is 5.92 Å². The lowest BCUT2D eigenvalue weighted by Gasteiger charge is -2.06. The number of aliphatic carboxylic acids is 1. The molecule has 0 fully saturated rings. The van der Waals surface area contributed by atoms with Crippen LogP contribution in [0.25, 0.3) is 0 Å². The van der Waals surface area contributed by atoms with Crippen molar-refractivity contribution in [3.8, 4) is 5.88 Å². The maximum atomic E-state index is 12.0. The SMILES string of the molecule is O=C(O)C1Cc2cnc(OCc3ccccc3)cc2C1=O. The summed E-state index contributed by atoms with van der Waals surface area (Å²) in [4.78, 5) is 27.1. The highest BCUT2D eigenvalue weighted by Gasteiger charge is 2.36. The van der Waals surface area contributed by atoms with Crippen molar-refractivity contribution in [2.45, 2.75) is 13.0 Å². The Bertz CT molecular complexity index is 697. The van der Waals surface area contributed by atoms with Crippen molar-refractivity contribution < 1.29 is 19.4 Å². The summed E-state index contributed by atoms with van der Waals surface area (Å²) in [5, 5.41) is 9.00. The first-order valence-corrected chi connectivity index (χ1v) is 6.58. The van der Waals surface area contributed by atoms with E-state index in [1.165, 1.54) is 12.3 Å². The van der Waals surface area contributed by atoms with E-state index in [2.05, 4.69) is 4.98 Å². The number of ketones is 1. The molecule has 5 heteroatoms. The fourth-order valence-corrected chi connectivity index (χ4v) is 2.37. The predicted molar refractivity (Wildman–Crippen MR) is 74.2 cm³/mol. The van der Waals surface area contributed by atoms with Crippen LogP contribution in [0.4, 0.5) is 0 Å². The predicted octanol–water partition coefficient (Wildman–Crippen LogP) is 2.10. The lowest BCUT2D eigenvalue weighted by molar-refractivity contribution is -0.139. The molecule has 1 aliphatic carbocycles. The summed E-state index contributed by atoms with van der Waals surface area (Å²) in [5.41, 5.74) is 2.06. The fraction of sp³-hybridized carbons (Fsp3) is 0.188. The van der Waals surface area contributed by atoms with E-state index in [-0.39, 0.29) is 12.2 Å². The maximum Gasteiger partial charge on any atom is 0.314 e. The minimum atomic E-state index is -1.09. The highest BCUT2D eigenvalue weighted by Crippen LogP contribution is 2.28. The summed E-state index contributed by atoms with van der Waals surface area (Å²) in [6, 6.07) is 11.1. The second-order valence-corrected chi connectivity index (χ2v) is 4.91. The zero-order chi connectivity index (χ0) is 14.8. The zero-order valence-electron chi connectivity index (χ0n) is 11.2. The highest BCUT2D eigenvalue weighted by molar-refractivity contribution is 6.11. The Labute approximate surface area is 121 Å². The number of hydrogen-bond acceptors (Lipinski definition) is 4. The Hall–Kier alpha value is -2.69.